The van der Waals surface area contributed by atoms with Crippen molar-refractivity contribution in [2.24, 2.45) is 0 Å². The molecule has 2 rings (SSSR count). The summed E-state index contributed by atoms with van der Waals surface area (Å²) >= 11 is 0. The molecule has 0 unspecified atom stereocenters. The van der Waals surface area contributed by atoms with Crippen LogP contribution in [0.3, 0.4) is 0 Å². The molecule has 0 saturated heterocycles. The van der Waals surface area contributed by atoms with Gasteiger partial charge in [-0.25, -0.2) is 0 Å². The summed E-state index contributed by atoms with van der Waals surface area (Å²) in [6.45, 7) is 7.77. The quantitative estimate of drug-likeness (QED) is 0.880. The van der Waals surface area contributed by atoms with Gasteiger partial charge >= 0.3 is 0 Å². The van der Waals surface area contributed by atoms with Gasteiger partial charge in [0.25, 0.3) is 0 Å². The molecule has 0 fully saturated rings. The fourth-order valence-electron chi connectivity index (χ4n) is 2.82. The number of benzene rings is 1. The molecule has 132 valence electrons. The third kappa shape index (κ3) is 5.41. The summed E-state index contributed by atoms with van der Waals surface area (Å²) in [5, 5.41) is 2.89. The molecule has 1 aromatic carbocycles. The third-order valence-electron chi connectivity index (χ3n) is 4.08. The predicted octanol–water partition coefficient (Wildman–Crippen LogP) is 3.04. The maximum absolute atomic E-state index is 12.4. The van der Waals surface area contributed by atoms with Gasteiger partial charge in [0.05, 0.1) is 17.9 Å². The van der Waals surface area contributed by atoms with Crippen LogP contribution < -0.4 is 5.32 Å². The zero-order chi connectivity index (χ0) is 18.4. The lowest BCUT2D eigenvalue weighted by molar-refractivity contribution is -0.132. The Labute approximate surface area is 149 Å². The Morgan fingerprint density at radius 1 is 1.12 bits per heavy atom. The highest BCUT2D eigenvalue weighted by molar-refractivity contribution is 5.95. The number of anilines is 1. The third-order valence-corrected chi connectivity index (χ3v) is 4.08. The number of nitrogens with one attached hydrogen (secondary N) is 1. The first-order valence-corrected chi connectivity index (χ1v) is 8.41. The molecule has 0 bridgehead atoms. The zero-order valence-corrected chi connectivity index (χ0v) is 15.3. The summed E-state index contributed by atoms with van der Waals surface area (Å²) in [4.78, 5) is 30.2. The molecule has 0 aliphatic carbocycles. The van der Waals surface area contributed by atoms with Crippen molar-refractivity contribution < 1.29 is 9.59 Å². The molecule has 0 atom stereocenters. The van der Waals surface area contributed by atoms with E-state index in [2.05, 4.69) is 10.3 Å². The number of aromatic nitrogens is 1. The van der Waals surface area contributed by atoms with Crippen LogP contribution in [0.4, 0.5) is 5.69 Å². The Morgan fingerprint density at radius 3 is 2.40 bits per heavy atom. The standard InChI is InChI=1S/C20H25N3O2/c1-14-12-15(2)21-16(3)20(14)22-19(25)13-23(17(4)24)11-10-18-8-6-5-7-9-18/h5-9,12H,10-11,13H2,1-4H3,(H,22,25). The van der Waals surface area contributed by atoms with E-state index in [4.69, 9.17) is 0 Å². The van der Waals surface area contributed by atoms with Crippen molar-refractivity contribution in [3.05, 3.63) is 58.9 Å². The normalized spacial score (nSPS) is 10.4. The average molecular weight is 339 g/mol. The molecule has 5 heteroatoms. The maximum atomic E-state index is 12.4. The van der Waals surface area contributed by atoms with Crippen LogP contribution in [0.25, 0.3) is 0 Å². The minimum Gasteiger partial charge on any atom is -0.333 e. The van der Waals surface area contributed by atoms with Crippen molar-refractivity contribution in [3.8, 4) is 0 Å². The summed E-state index contributed by atoms with van der Waals surface area (Å²) in [7, 11) is 0. The Kier molecular flexibility index (Phi) is 6.28. The molecule has 1 heterocycles. The number of hydrogen-bond donors (Lipinski definition) is 1. The fourth-order valence-corrected chi connectivity index (χ4v) is 2.82. The van der Waals surface area contributed by atoms with Gasteiger partial charge in [0.15, 0.2) is 0 Å². The molecule has 0 spiro atoms. The van der Waals surface area contributed by atoms with Crippen LogP contribution in [0.2, 0.25) is 0 Å². The van der Waals surface area contributed by atoms with Gasteiger partial charge in [0.1, 0.15) is 0 Å². The van der Waals surface area contributed by atoms with Gasteiger partial charge in [-0.1, -0.05) is 30.3 Å². The second kappa shape index (κ2) is 8.42. The van der Waals surface area contributed by atoms with Crippen molar-refractivity contribution in [3.63, 3.8) is 0 Å². The number of hydrogen-bond acceptors (Lipinski definition) is 3. The Balaban J connectivity index is 2.00. The van der Waals surface area contributed by atoms with Gasteiger partial charge in [0, 0.05) is 19.2 Å². The van der Waals surface area contributed by atoms with E-state index in [1.165, 1.54) is 6.92 Å². The highest BCUT2D eigenvalue weighted by Crippen LogP contribution is 2.19. The number of carbonyl (C=O) groups excluding carboxylic acids is 2. The molecule has 25 heavy (non-hydrogen) atoms. The molecular formula is C20H25N3O2. The van der Waals surface area contributed by atoms with Crippen LogP contribution in [-0.4, -0.2) is 34.8 Å². The molecular weight excluding hydrogens is 314 g/mol. The zero-order valence-electron chi connectivity index (χ0n) is 15.3. The maximum Gasteiger partial charge on any atom is 0.244 e. The highest BCUT2D eigenvalue weighted by Gasteiger charge is 2.15. The minimum absolute atomic E-state index is 0.0366. The summed E-state index contributed by atoms with van der Waals surface area (Å²) in [6, 6.07) is 11.9. The summed E-state index contributed by atoms with van der Waals surface area (Å²) in [5.74, 6) is -0.318. The Bertz CT molecular complexity index is 734. The van der Waals surface area contributed by atoms with Crippen LogP contribution >= 0.6 is 0 Å². The first-order valence-electron chi connectivity index (χ1n) is 8.41. The number of amides is 2. The molecule has 1 aromatic heterocycles. The summed E-state index contributed by atoms with van der Waals surface area (Å²) in [5.41, 5.74) is 4.54. The Morgan fingerprint density at radius 2 is 1.80 bits per heavy atom. The van der Waals surface area contributed by atoms with Gasteiger partial charge in [-0.3, -0.25) is 14.6 Å². The van der Waals surface area contributed by atoms with Crippen molar-refractivity contribution >= 4 is 17.5 Å². The smallest absolute Gasteiger partial charge is 0.244 e. The molecule has 2 amide bonds. The molecule has 1 N–H and O–H groups in total. The highest BCUT2D eigenvalue weighted by atomic mass is 16.2. The topological polar surface area (TPSA) is 62.3 Å². The van der Waals surface area contributed by atoms with Crippen LogP contribution in [0.1, 0.15) is 29.4 Å². The van der Waals surface area contributed by atoms with Gasteiger partial charge in [-0.15, -0.1) is 0 Å². The van der Waals surface area contributed by atoms with E-state index >= 15 is 0 Å². The van der Waals surface area contributed by atoms with E-state index in [9.17, 15) is 9.59 Å². The number of aryl methyl sites for hydroxylation is 3. The van der Waals surface area contributed by atoms with Crippen molar-refractivity contribution in [1.29, 1.82) is 0 Å². The first-order chi connectivity index (χ1) is 11.9. The lowest BCUT2D eigenvalue weighted by Gasteiger charge is -2.21. The van der Waals surface area contributed by atoms with Gasteiger partial charge in [0.2, 0.25) is 11.8 Å². The molecule has 0 radical (unpaired) electrons. The van der Waals surface area contributed by atoms with E-state index in [0.29, 0.717) is 6.54 Å². The van der Waals surface area contributed by atoms with Crippen LogP contribution in [0.5, 0.6) is 0 Å². The first kappa shape index (κ1) is 18.6. The predicted molar refractivity (Wildman–Crippen MR) is 99.5 cm³/mol. The van der Waals surface area contributed by atoms with Crippen LogP contribution in [-0.2, 0) is 16.0 Å². The Hall–Kier alpha value is -2.69. The number of rotatable bonds is 6. The molecule has 2 aromatic rings. The van der Waals surface area contributed by atoms with Crippen LogP contribution in [0, 0.1) is 20.8 Å². The number of pyridine rings is 1. The summed E-state index contributed by atoms with van der Waals surface area (Å²) < 4.78 is 0. The van der Waals surface area contributed by atoms with E-state index in [1.54, 1.807) is 4.90 Å². The molecule has 0 saturated carbocycles. The summed E-state index contributed by atoms with van der Waals surface area (Å²) in [6.07, 6.45) is 0.720. The largest absolute Gasteiger partial charge is 0.333 e. The van der Waals surface area contributed by atoms with E-state index in [-0.39, 0.29) is 18.4 Å². The minimum atomic E-state index is -0.208. The monoisotopic (exact) mass is 339 g/mol. The van der Waals surface area contributed by atoms with Crippen molar-refractivity contribution in [2.75, 3.05) is 18.4 Å². The number of carbonyl (C=O) groups is 2. The van der Waals surface area contributed by atoms with E-state index < -0.39 is 0 Å². The van der Waals surface area contributed by atoms with E-state index in [1.807, 2.05) is 57.2 Å². The van der Waals surface area contributed by atoms with E-state index in [0.717, 1.165) is 34.6 Å². The molecule has 0 aliphatic rings. The van der Waals surface area contributed by atoms with Gasteiger partial charge in [-0.05, 0) is 44.4 Å². The van der Waals surface area contributed by atoms with Gasteiger partial charge in [-0.2, -0.15) is 0 Å². The van der Waals surface area contributed by atoms with Crippen molar-refractivity contribution in [1.82, 2.24) is 9.88 Å². The molecule has 5 nitrogen and oxygen atoms in total. The number of nitrogens with zero attached hydrogens (tertiary/aromatic N) is 2. The lowest BCUT2D eigenvalue weighted by Crippen LogP contribution is -2.38. The van der Waals surface area contributed by atoms with Gasteiger partial charge < -0.3 is 10.2 Å². The second-order valence-corrected chi connectivity index (χ2v) is 6.27. The lowest BCUT2D eigenvalue weighted by atomic mass is 10.1. The van der Waals surface area contributed by atoms with Crippen LogP contribution in [0.15, 0.2) is 36.4 Å². The molecule has 0 aliphatic heterocycles. The second-order valence-electron chi connectivity index (χ2n) is 6.27. The fraction of sp³-hybridized carbons (Fsp3) is 0.350. The average Bonchev–Trinajstić information content (AvgIpc) is 2.55. The SMILES string of the molecule is CC(=O)N(CCc1ccccc1)CC(=O)Nc1c(C)cc(C)nc1C. The van der Waals surface area contributed by atoms with Crippen molar-refractivity contribution in [2.45, 2.75) is 34.1 Å².